The number of hydrogen-bond donors (Lipinski definition) is 3. The van der Waals surface area contributed by atoms with Gasteiger partial charge in [0.15, 0.2) is 0 Å². The van der Waals surface area contributed by atoms with Crippen LogP contribution >= 0.6 is 0 Å². The molecule has 27 heavy (non-hydrogen) atoms. The first-order valence-electron chi connectivity index (χ1n) is 8.65. The van der Waals surface area contributed by atoms with Gasteiger partial charge in [0.05, 0.1) is 5.56 Å². The van der Waals surface area contributed by atoms with Crippen molar-refractivity contribution in [3.63, 3.8) is 0 Å². The fourth-order valence-electron chi connectivity index (χ4n) is 2.83. The van der Waals surface area contributed by atoms with Crippen LogP contribution in [0.15, 0.2) is 28.8 Å². The lowest BCUT2D eigenvalue weighted by atomic mass is 10.00. The van der Waals surface area contributed by atoms with Crippen molar-refractivity contribution >= 4 is 23.4 Å². The maximum absolute atomic E-state index is 11.8. The van der Waals surface area contributed by atoms with E-state index < -0.39 is 0 Å². The predicted octanol–water partition coefficient (Wildman–Crippen LogP) is 2.26. The molecule has 0 unspecified atom stereocenters. The molecule has 4 N–H and O–H groups in total. The van der Waals surface area contributed by atoms with Crippen molar-refractivity contribution in [1.82, 2.24) is 25.5 Å². The zero-order valence-electron chi connectivity index (χ0n) is 15.0. The third-order valence-corrected chi connectivity index (χ3v) is 4.27. The minimum Gasteiger partial charge on any atom is -0.420 e. The van der Waals surface area contributed by atoms with E-state index in [4.69, 9.17) is 10.2 Å². The summed E-state index contributed by atoms with van der Waals surface area (Å²) in [6, 6.07) is 5.52. The number of nitrogens with one attached hydrogen (secondary N) is 2. The van der Waals surface area contributed by atoms with Crippen molar-refractivity contribution in [2.45, 2.75) is 26.2 Å². The zero-order valence-corrected chi connectivity index (χ0v) is 15.0. The highest BCUT2D eigenvalue weighted by atomic mass is 16.4. The molecule has 0 atom stereocenters. The number of amides is 1. The van der Waals surface area contributed by atoms with Crippen molar-refractivity contribution in [1.29, 1.82) is 0 Å². The van der Waals surface area contributed by atoms with Crippen molar-refractivity contribution < 1.29 is 9.21 Å². The molecule has 138 valence electrons. The minimum absolute atomic E-state index is 0.0482. The van der Waals surface area contributed by atoms with Crippen LogP contribution in [-0.4, -0.2) is 32.6 Å². The highest BCUT2D eigenvalue weighted by molar-refractivity contribution is 5.97. The summed E-state index contributed by atoms with van der Waals surface area (Å²) < 4.78 is 5.60. The maximum atomic E-state index is 11.8. The number of benzene rings is 1. The Bertz CT molecular complexity index is 1010. The second kappa shape index (κ2) is 6.67. The Morgan fingerprint density at radius 1 is 1.26 bits per heavy atom. The number of nitrogen functional groups attached to an aromatic ring is 1. The van der Waals surface area contributed by atoms with Crippen LogP contribution in [0, 0.1) is 0 Å². The summed E-state index contributed by atoms with van der Waals surface area (Å²) in [7, 11) is 0. The molecule has 0 bridgehead atoms. The summed E-state index contributed by atoms with van der Waals surface area (Å²) in [5.41, 5.74) is 9.01. The van der Waals surface area contributed by atoms with Gasteiger partial charge in [0.1, 0.15) is 5.82 Å². The number of nitrogens with two attached hydrogens (primary N) is 1. The summed E-state index contributed by atoms with van der Waals surface area (Å²) in [5.74, 6) is 1.49. The molecule has 0 saturated carbocycles. The van der Waals surface area contributed by atoms with E-state index in [0.717, 1.165) is 17.7 Å². The molecule has 1 aromatic carbocycles. The summed E-state index contributed by atoms with van der Waals surface area (Å²) >= 11 is 0. The topological polar surface area (TPSA) is 132 Å². The fraction of sp³-hybridized carbons (Fsp3) is 0.278. The van der Waals surface area contributed by atoms with Crippen LogP contribution in [0.4, 0.5) is 17.5 Å². The van der Waals surface area contributed by atoms with Crippen LogP contribution < -0.4 is 16.4 Å². The maximum Gasteiger partial charge on any atom is 0.253 e. The van der Waals surface area contributed by atoms with E-state index in [2.05, 4.69) is 30.8 Å². The minimum atomic E-state index is -0.0482. The van der Waals surface area contributed by atoms with Gasteiger partial charge < -0.3 is 20.8 Å². The number of hydrogen-bond acceptors (Lipinski definition) is 8. The van der Waals surface area contributed by atoms with Gasteiger partial charge in [-0.05, 0) is 30.2 Å². The van der Waals surface area contributed by atoms with Crippen LogP contribution in [0.3, 0.4) is 0 Å². The van der Waals surface area contributed by atoms with Gasteiger partial charge in [-0.25, -0.2) is 4.98 Å². The van der Waals surface area contributed by atoms with Crippen LogP contribution in [0.25, 0.3) is 11.5 Å². The smallest absolute Gasteiger partial charge is 0.253 e. The summed E-state index contributed by atoms with van der Waals surface area (Å²) in [5, 5.41) is 13.9. The van der Waals surface area contributed by atoms with E-state index in [1.165, 1.54) is 0 Å². The summed E-state index contributed by atoms with van der Waals surface area (Å²) in [6.45, 7) is 4.56. The van der Waals surface area contributed by atoms with Crippen molar-refractivity contribution in [2.75, 3.05) is 17.6 Å². The van der Waals surface area contributed by atoms with Crippen LogP contribution in [0.5, 0.6) is 0 Å². The molecule has 9 nitrogen and oxygen atoms in total. The summed E-state index contributed by atoms with van der Waals surface area (Å²) in [6.07, 6.45) is 2.34. The molecule has 0 spiro atoms. The Balaban J connectivity index is 1.57. The highest BCUT2D eigenvalue weighted by Gasteiger charge is 2.18. The number of fused-ring (bicyclic) bond motifs is 1. The van der Waals surface area contributed by atoms with E-state index in [1.54, 1.807) is 12.3 Å². The van der Waals surface area contributed by atoms with Crippen LogP contribution in [-0.2, 0) is 6.42 Å². The van der Waals surface area contributed by atoms with Crippen LogP contribution in [0.2, 0.25) is 0 Å². The Morgan fingerprint density at radius 3 is 2.85 bits per heavy atom. The molecule has 1 aliphatic heterocycles. The molecule has 3 heterocycles. The zero-order chi connectivity index (χ0) is 19.0. The lowest BCUT2D eigenvalue weighted by Crippen LogP contribution is -2.31. The number of aromatic nitrogens is 4. The van der Waals surface area contributed by atoms with Gasteiger partial charge in [-0.3, -0.25) is 4.79 Å². The number of nitrogens with zero attached hydrogens (tertiary/aromatic N) is 4. The molecule has 0 fully saturated rings. The number of rotatable bonds is 4. The molecular formula is C18H19N7O2. The first-order valence-corrected chi connectivity index (χ1v) is 8.65. The lowest BCUT2D eigenvalue weighted by molar-refractivity contribution is 0.0946. The van der Waals surface area contributed by atoms with Gasteiger partial charge in [0.2, 0.25) is 11.8 Å². The first kappa shape index (κ1) is 17.0. The van der Waals surface area contributed by atoms with Crippen LogP contribution in [0.1, 0.15) is 41.6 Å². The van der Waals surface area contributed by atoms with Crippen molar-refractivity contribution in [2.24, 2.45) is 0 Å². The molecule has 0 aliphatic carbocycles. The number of carbonyl (C=O) groups excluding carboxylic acids is 1. The molecule has 4 rings (SSSR count). The fourth-order valence-corrected chi connectivity index (χ4v) is 2.83. The average Bonchev–Trinajstić information content (AvgIpc) is 3.12. The largest absolute Gasteiger partial charge is 0.420 e. The van der Waals surface area contributed by atoms with E-state index in [9.17, 15) is 4.79 Å². The van der Waals surface area contributed by atoms with E-state index >= 15 is 0 Å². The van der Waals surface area contributed by atoms with Gasteiger partial charge >= 0.3 is 0 Å². The van der Waals surface area contributed by atoms with Gasteiger partial charge in [0.25, 0.3) is 11.8 Å². The SMILES string of the molecule is CC(C)c1nnc(-c2cnc(Nc3ccc4c(c3)CCNC4=O)nc2N)o1. The van der Waals surface area contributed by atoms with Gasteiger partial charge in [-0.15, -0.1) is 10.2 Å². The Labute approximate surface area is 155 Å². The Hall–Kier alpha value is -3.49. The summed E-state index contributed by atoms with van der Waals surface area (Å²) in [4.78, 5) is 20.4. The van der Waals surface area contributed by atoms with Gasteiger partial charge in [0, 0.05) is 29.9 Å². The molecule has 2 aromatic heterocycles. The van der Waals surface area contributed by atoms with E-state index in [0.29, 0.717) is 35.4 Å². The molecule has 0 saturated heterocycles. The molecule has 1 amide bonds. The molecular weight excluding hydrogens is 346 g/mol. The number of anilines is 3. The standard InChI is InChI=1S/C18H19N7O2/c1-9(2)16-24-25-17(27-16)13-8-21-18(23-14(13)19)22-11-3-4-12-10(7-11)5-6-20-15(12)26/h3-4,7-9H,5-6H2,1-2H3,(H,20,26)(H3,19,21,22,23). The number of carbonyl (C=O) groups is 1. The molecule has 3 aromatic rings. The second-order valence-corrected chi connectivity index (χ2v) is 6.60. The second-order valence-electron chi connectivity index (χ2n) is 6.60. The predicted molar refractivity (Wildman–Crippen MR) is 99.6 cm³/mol. The van der Waals surface area contributed by atoms with Gasteiger partial charge in [-0.1, -0.05) is 13.8 Å². The normalized spacial score (nSPS) is 13.4. The lowest BCUT2D eigenvalue weighted by Gasteiger charge is -2.17. The quantitative estimate of drug-likeness (QED) is 0.641. The molecule has 9 heteroatoms. The van der Waals surface area contributed by atoms with Gasteiger partial charge in [-0.2, -0.15) is 4.98 Å². The van der Waals surface area contributed by atoms with Crippen molar-refractivity contribution in [3.05, 3.63) is 41.4 Å². The third-order valence-electron chi connectivity index (χ3n) is 4.27. The third kappa shape index (κ3) is 3.31. The van der Waals surface area contributed by atoms with Crippen molar-refractivity contribution in [3.8, 4) is 11.5 Å². The van der Waals surface area contributed by atoms with E-state index in [1.807, 2.05) is 26.0 Å². The Morgan fingerprint density at radius 2 is 2.11 bits per heavy atom. The molecule has 1 aliphatic rings. The van der Waals surface area contributed by atoms with E-state index in [-0.39, 0.29) is 17.6 Å². The monoisotopic (exact) mass is 365 g/mol. The average molecular weight is 365 g/mol. The first-order chi connectivity index (χ1) is 13.0. The highest BCUT2D eigenvalue weighted by Crippen LogP contribution is 2.26. The molecule has 0 radical (unpaired) electrons. The Kier molecular flexibility index (Phi) is 4.19.